The van der Waals surface area contributed by atoms with Gasteiger partial charge in [-0.1, -0.05) is 36.4 Å². The lowest BCUT2D eigenvalue weighted by atomic mass is 9.89. The van der Waals surface area contributed by atoms with E-state index < -0.39 is 0 Å². The summed E-state index contributed by atoms with van der Waals surface area (Å²) in [6.45, 7) is 4.79. The van der Waals surface area contributed by atoms with E-state index in [1.807, 2.05) is 12.1 Å². The van der Waals surface area contributed by atoms with Crippen LogP contribution >= 0.6 is 0 Å². The molecule has 0 spiro atoms. The van der Waals surface area contributed by atoms with Crippen molar-refractivity contribution in [3.8, 4) is 17.0 Å². The van der Waals surface area contributed by atoms with E-state index in [9.17, 15) is 0 Å². The maximum atomic E-state index is 5.26. The minimum Gasteiger partial charge on any atom is -0.497 e. The highest BCUT2D eigenvalue weighted by Crippen LogP contribution is 2.37. The summed E-state index contributed by atoms with van der Waals surface area (Å²) in [6, 6.07) is 16.8. The molecule has 2 heterocycles. The van der Waals surface area contributed by atoms with E-state index in [1.165, 1.54) is 22.3 Å². The SMILES string of the molecule is COc1ccc(CNc2nc3c(c(N4CCN(C)CC4)n2)CCc2ccccc2-3)cc1. The number of nitrogens with one attached hydrogen (secondary N) is 1. The van der Waals surface area contributed by atoms with Crippen LogP contribution in [-0.4, -0.2) is 55.2 Å². The molecule has 6 nitrogen and oxygen atoms in total. The number of aryl methyl sites for hydroxylation is 1. The van der Waals surface area contributed by atoms with Gasteiger partial charge in [0.15, 0.2) is 0 Å². The summed E-state index contributed by atoms with van der Waals surface area (Å²) in [7, 11) is 3.87. The predicted molar refractivity (Wildman–Crippen MR) is 125 cm³/mol. The molecule has 0 bridgehead atoms. The zero-order chi connectivity index (χ0) is 21.2. The maximum absolute atomic E-state index is 5.26. The van der Waals surface area contributed by atoms with Crippen molar-refractivity contribution in [2.24, 2.45) is 0 Å². The van der Waals surface area contributed by atoms with Crippen LogP contribution in [-0.2, 0) is 19.4 Å². The fourth-order valence-electron chi connectivity index (χ4n) is 4.44. The first-order valence-corrected chi connectivity index (χ1v) is 11.0. The summed E-state index contributed by atoms with van der Waals surface area (Å²) in [5.41, 5.74) is 6.16. The third kappa shape index (κ3) is 4.08. The second kappa shape index (κ2) is 8.55. The van der Waals surface area contributed by atoms with E-state index in [-0.39, 0.29) is 0 Å². The number of rotatable bonds is 5. The van der Waals surface area contributed by atoms with Gasteiger partial charge in [0.2, 0.25) is 5.95 Å². The van der Waals surface area contributed by atoms with Gasteiger partial charge in [-0.15, -0.1) is 0 Å². The number of anilines is 2. The monoisotopic (exact) mass is 415 g/mol. The fraction of sp³-hybridized carbons (Fsp3) is 0.360. The van der Waals surface area contributed by atoms with Gasteiger partial charge in [0.25, 0.3) is 0 Å². The van der Waals surface area contributed by atoms with Gasteiger partial charge in [-0.05, 0) is 43.1 Å². The van der Waals surface area contributed by atoms with Crippen molar-refractivity contribution in [2.75, 3.05) is 50.6 Å². The minimum atomic E-state index is 0.673. The molecule has 0 atom stereocenters. The maximum Gasteiger partial charge on any atom is 0.225 e. The largest absolute Gasteiger partial charge is 0.497 e. The first kappa shape index (κ1) is 19.8. The van der Waals surface area contributed by atoms with Crippen LogP contribution in [0.5, 0.6) is 5.75 Å². The minimum absolute atomic E-state index is 0.673. The number of hydrogen-bond acceptors (Lipinski definition) is 6. The fourth-order valence-corrected chi connectivity index (χ4v) is 4.44. The summed E-state index contributed by atoms with van der Waals surface area (Å²) in [4.78, 5) is 14.8. The predicted octanol–water partition coefficient (Wildman–Crippen LogP) is 3.61. The molecule has 6 heteroatoms. The molecular weight excluding hydrogens is 386 g/mol. The number of ether oxygens (including phenoxy) is 1. The molecule has 1 N–H and O–H groups in total. The Kier molecular flexibility index (Phi) is 5.47. The average Bonchev–Trinajstić information content (AvgIpc) is 2.83. The molecule has 3 aromatic rings. The van der Waals surface area contributed by atoms with Crippen molar-refractivity contribution in [3.63, 3.8) is 0 Å². The Balaban J connectivity index is 1.48. The first-order valence-electron chi connectivity index (χ1n) is 11.0. The molecule has 0 saturated carbocycles. The molecule has 2 aromatic carbocycles. The van der Waals surface area contributed by atoms with E-state index in [1.54, 1.807) is 7.11 Å². The van der Waals surface area contributed by atoms with Crippen molar-refractivity contribution in [1.82, 2.24) is 14.9 Å². The van der Waals surface area contributed by atoms with Crippen LogP contribution < -0.4 is 15.0 Å². The van der Waals surface area contributed by atoms with Gasteiger partial charge in [-0.2, -0.15) is 4.98 Å². The second-order valence-electron chi connectivity index (χ2n) is 8.35. The summed E-state index contributed by atoms with van der Waals surface area (Å²) < 4.78 is 5.26. The van der Waals surface area contributed by atoms with Crippen LogP contribution in [0.2, 0.25) is 0 Å². The molecule has 1 aromatic heterocycles. The number of piperazine rings is 1. The molecule has 0 amide bonds. The normalized spacial score (nSPS) is 15.9. The molecule has 2 aliphatic rings. The molecule has 1 fully saturated rings. The molecule has 1 aliphatic carbocycles. The number of benzene rings is 2. The highest BCUT2D eigenvalue weighted by atomic mass is 16.5. The highest BCUT2D eigenvalue weighted by molar-refractivity contribution is 5.75. The molecule has 31 heavy (non-hydrogen) atoms. The lowest BCUT2D eigenvalue weighted by Gasteiger charge is -2.35. The highest BCUT2D eigenvalue weighted by Gasteiger charge is 2.26. The second-order valence-corrected chi connectivity index (χ2v) is 8.35. The quantitative estimate of drug-likeness (QED) is 0.687. The standard InChI is InChI=1S/C25H29N5O/c1-29-13-15-30(16-14-29)24-22-12-9-19-5-3-4-6-21(19)23(22)27-25(28-24)26-17-18-7-10-20(31-2)11-8-18/h3-8,10-11H,9,12-17H2,1-2H3,(H,26,27,28). The first-order chi connectivity index (χ1) is 15.2. The van der Waals surface area contributed by atoms with Crippen molar-refractivity contribution in [3.05, 3.63) is 65.2 Å². The van der Waals surface area contributed by atoms with E-state index in [0.717, 1.165) is 56.3 Å². The number of aromatic nitrogens is 2. The molecule has 1 saturated heterocycles. The summed E-state index contributed by atoms with van der Waals surface area (Å²) >= 11 is 0. The number of fused-ring (bicyclic) bond motifs is 3. The zero-order valence-corrected chi connectivity index (χ0v) is 18.3. The van der Waals surface area contributed by atoms with Gasteiger partial charge in [0, 0.05) is 43.9 Å². The van der Waals surface area contributed by atoms with Crippen LogP contribution in [0.25, 0.3) is 11.3 Å². The molecule has 0 unspecified atom stereocenters. The van der Waals surface area contributed by atoms with Gasteiger partial charge in [0.05, 0.1) is 12.8 Å². The lowest BCUT2D eigenvalue weighted by molar-refractivity contribution is 0.312. The Morgan fingerprint density at radius 2 is 1.71 bits per heavy atom. The van der Waals surface area contributed by atoms with Gasteiger partial charge < -0.3 is 19.9 Å². The number of hydrogen-bond donors (Lipinski definition) is 1. The Morgan fingerprint density at radius 1 is 0.935 bits per heavy atom. The smallest absolute Gasteiger partial charge is 0.225 e. The Bertz CT molecular complexity index is 1060. The number of likely N-dealkylation sites (N-methyl/N-ethyl adjacent to an activating group) is 1. The van der Waals surface area contributed by atoms with E-state index in [2.05, 4.69) is 58.6 Å². The number of methoxy groups -OCH3 is 1. The van der Waals surface area contributed by atoms with Gasteiger partial charge in [0.1, 0.15) is 11.6 Å². The Labute approximate surface area is 183 Å². The van der Waals surface area contributed by atoms with Gasteiger partial charge in [-0.25, -0.2) is 4.98 Å². The zero-order valence-electron chi connectivity index (χ0n) is 18.3. The molecule has 160 valence electrons. The van der Waals surface area contributed by atoms with Crippen LogP contribution in [0, 0.1) is 0 Å². The summed E-state index contributed by atoms with van der Waals surface area (Å²) in [5, 5.41) is 3.47. The van der Waals surface area contributed by atoms with E-state index in [0.29, 0.717) is 12.5 Å². The summed E-state index contributed by atoms with van der Waals surface area (Å²) in [6.07, 6.45) is 2.04. The topological polar surface area (TPSA) is 53.5 Å². The van der Waals surface area contributed by atoms with Crippen molar-refractivity contribution in [2.45, 2.75) is 19.4 Å². The summed E-state index contributed by atoms with van der Waals surface area (Å²) in [5.74, 6) is 2.66. The van der Waals surface area contributed by atoms with Gasteiger partial charge >= 0.3 is 0 Å². The molecule has 0 radical (unpaired) electrons. The van der Waals surface area contributed by atoms with Crippen molar-refractivity contribution < 1.29 is 4.74 Å². The van der Waals surface area contributed by atoms with Crippen LogP contribution in [0.15, 0.2) is 48.5 Å². The average molecular weight is 416 g/mol. The Morgan fingerprint density at radius 3 is 2.48 bits per heavy atom. The third-order valence-electron chi connectivity index (χ3n) is 6.31. The van der Waals surface area contributed by atoms with Crippen LogP contribution in [0.4, 0.5) is 11.8 Å². The van der Waals surface area contributed by atoms with Gasteiger partial charge in [-0.3, -0.25) is 0 Å². The molecular formula is C25H29N5O. The van der Waals surface area contributed by atoms with Crippen LogP contribution in [0.1, 0.15) is 16.7 Å². The Hall–Kier alpha value is -3.12. The van der Waals surface area contributed by atoms with E-state index in [4.69, 9.17) is 14.7 Å². The van der Waals surface area contributed by atoms with Crippen LogP contribution in [0.3, 0.4) is 0 Å². The number of nitrogens with zero attached hydrogens (tertiary/aromatic N) is 4. The van der Waals surface area contributed by atoms with E-state index >= 15 is 0 Å². The third-order valence-corrected chi connectivity index (χ3v) is 6.31. The molecule has 5 rings (SSSR count). The van der Waals surface area contributed by atoms with Crippen molar-refractivity contribution in [1.29, 1.82) is 0 Å². The molecule has 1 aliphatic heterocycles. The van der Waals surface area contributed by atoms with Crippen molar-refractivity contribution >= 4 is 11.8 Å². The lowest BCUT2D eigenvalue weighted by Crippen LogP contribution is -2.45.